The quantitative estimate of drug-likeness (QED) is 0.523. The first-order chi connectivity index (χ1) is 10.7. The molecule has 22 heavy (non-hydrogen) atoms. The molecule has 3 nitrogen and oxygen atoms in total. The summed E-state index contributed by atoms with van der Waals surface area (Å²) in [6.07, 6.45) is 1.88. The molecule has 2 heterocycles. The molecule has 0 aliphatic carbocycles. The van der Waals surface area contributed by atoms with Gasteiger partial charge in [-0.1, -0.05) is 42.5 Å². The number of carbonyl (C=O) groups excluding carboxylic acids is 1. The summed E-state index contributed by atoms with van der Waals surface area (Å²) in [7, 11) is 1.95. The van der Waals surface area contributed by atoms with Gasteiger partial charge in [-0.15, -0.1) is 0 Å². The number of nitrogens with zero attached hydrogens (tertiary/aromatic N) is 2. The molecule has 0 amide bonds. The van der Waals surface area contributed by atoms with E-state index in [1.807, 2.05) is 72.4 Å². The summed E-state index contributed by atoms with van der Waals surface area (Å²) in [4.78, 5) is 17.4. The van der Waals surface area contributed by atoms with Crippen molar-refractivity contribution in [2.24, 2.45) is 7.05 Å². The molecule has 2 aromatic carbocycles. The molecule has 0 N–H and O–H groups in total. The predicted octanol–water partition coefficient (Wildman–Crippen LogP) is 3.96. The Labute approximate surface area is 127 Å². The van der Waals surface area contributed by atoms with Gasteiger partial charge in [-0.25, -0.2) is 4.98 Å². The Bertz CT molecular complexity index is 1010. The lowest BCUT2D eigenvalue weighted by atomic mass is 10.1. The Kier molecular flexibility index (Phi) is 2.79. The summed E-state index contributed by atoms with van der Waals surface area (Å²) < 4.78 is 1.98. The highest BCUT2D eigenvalue weighted by Gasteiger charge is 2.16. The lowest BCUT2D eigenvalue weighted by molar-refractivity contribution is 0.103. The number of aromatic nitrogens is 2. The van der Waals surface area contributed by atoms with Crippen molar-refractivity contribution in [2.75, 3.05) is 0 Å². The van der Waals surface area contributed by atoms with Gasteiger partial charge in [0.1, 0.15) is 5.69 Å². The van der Waals surface area contributed by atoms with E-state index in [2.05, 4.69) is 4.98 Å². The van der Waals surface area contributed by atoms with Gasteiger partial charge in [0.05, 0.1) is 5.52 Å². The SMILES string of the molecule is Cn1cc(C(=O)c2ccc3ccccc3n2)c2ccccc21. The van der Waals surface area contributed by atoms with Crippen LogP contribution in [0.1, 0.15) is 16.1 Å². The van der Waals surface area contributed by atoms with Gasteiger partial charge < -0.3 is 4.57 Å². The molecule has 0 fully saturated rings. The van der Waals surface area contributed by atoms with Gasteiger partial charge >= 0.3 is 0 Å². The van der Waals surface area contributed by atoms with Gasteiger partial charge in [0, 0.05) is 35.1 Å². The van der Waals surface area contributed by atoms with E-state index in [9.17, 15) is 4.79 Å². The Morgan fingerprint density at radius 3 is 2.64 bits per heavy atom. The number of hydrogen-bond donors (Lipinski definition) is 0. The maximum absolute atomic E-state index is 12.8. The number of aryl methyl sites for hydroxylation is 1. The van der Waals surface area contributed by atoms with Crippen LogP contribution in [0.4, 0.5) is 0 Å². The Hall–Kier alpha value is -2.94. The highest BCUT2D eigenvalue weighted by molar-refractivity contribution is 6.16. The average Bonchev–Trinajstić information content (AvgIpc) is 2.91. The van der Waals surface area contributed by atoms with Crippen LogP contribution in [0.25, 0.3) is 21.8 Å². The number of para-hydroxylation sites is 2. The van der Waals surface area contributed by atoms with Crippen molar-refractivity contribution in [3.63, 3.8) is 0 Å². The van der Waals surface area contributed by atoms with Gasteiger partial charge in [0.2, 0.25) is 5.78 Å². The molecular weight excluding hydrogens is 272 g/mol. The summed E-state index contributed by atoms with van der Waals surface area (Å²) in [6.45, 7) is 0. The molecule has 0 aliphatic rings. The van der Waals surface area contributed by atoms with E-state index in [1.54, 1.807) is 6.07 Å². The fourth-order valence-corrected chi connectivity index (χ4v) is 2.85. The van der Waals surface area contributed by atoms with Crippen LogP contribution in [0.15, 0.2) is 66.9 Å². The minimum atomic E-state index is -0.0393. The molecule has 4 rings (SSSR count). The van der Waals surface area contributed by atoms with Crippen LogP contribution in [0, 0.1) is 0 Å². The molecule has 0 saturated heterocycles. The van der Waals surface area contributed by atoms with Crippen LogP contribution in [-0.4, -0.2) is 15.3 Å². The third kappa shape index (κ3) is 1.91. The third-order valence-corrected chi connectivity index (χ3v) is 3.97. The molecule has 0 atom stereocenters. The summed E-state index contributed by atoms with van der Waals surface area (Å²) in [5.41, 5.74) is 3.07. The van der Waals surface area contributed by atoms with E-state index in [0.717, 1.165) is 21.8 Å². The minimum absolute atomic E-state index is 0.0393. The standard InChI is InChI=1S/C19H14N2O/c1-21-12-15(14-7-3-5-9-18(14)21)19(22)17-11-10-13-6-2-4-8-16(13)20-17/h2-12H,1H3. The number of benzene rings is 2. The van der Waals surface area contributed by atoms with Crippen molar-refractivity contribution in [3.8, 4) is 0 Å². The van der Waals surface area contributed by atoms with E-state index in [0.29, 0.717) is 11.3 Å². The Morgan fingerprint density at radius 2 is 1.73 bits per heavy atom. The molecule has 2 aromatic heterocycles. The summed E-state index contributed by atoms with van der Waals surface area (Å²) >= 11 is 0. The second-order valence-corrected chi connectivity index (χ2v) is 5.39. The van der Waals surface area contributed by atoms with E-state index >= 15 is 0 Å². The smallest absolute Gasteiger partial charge is 0.213 e. The number of fused-ring (bicyclic) bond motifs is 2. The zero-order chi connectivity index (χ0) is 15.1. The maximum Gasteiger partial charge on any atom is 0.213 e. The average molecular weight is 286 g/mol. The van der Waals surface area contributed by atoms with Gasteiger partial charge in [-0.3, -0.25) is 4.79 Å². The van der Waals surface area contributed by atoms with Gasteiger partial charge in [0.25, 0.3) is 0 Å². The van der Waals surface area contributed by atoms with Crippen molar-refractivity contribution in [3.05, 3.63) is 78.1 Å². The van der Waals surface area contributed by atoms with Crippen LogP contribution in [-0.2, 0) is 7.05 Å². The molecule has 0 bridgehead atoms. The summed E-state index contributed by atoms with van der Waals surface area (Å²) in [5, 5.41) is 2.00. The van der Waals surface area contributed by atoms with Crippen molar-refractivity contribution in [1.82, 2.24) is 9.55 Å². The first kappa shape index (κ1) is 12.8. The van der Waals surface area contributed by atoms with Crippen molar-refractivity contribution in [2.45, 2.75) is 0 Å². The van der Waals surface area contributed by atoms with E-state index < -0.39 is 0 Å². The molecule has 0 saturated carbocycles. The third-order valence-electron chi connectivity index (χ3n) is 3.97. The normalized spacial score (nSPS) is 11.1. The number of rotatable bonds is 2. The molecule has 0 radical (unpaired) electrons. The van der Waals surface area contributed by atoms with E-state index in [1.165, 1.54) is 0 Å². The molecule has 0 aliphatic heterocycles. The fraction of sp³-hybridized carbons (Fsp3) is 0.0526. The molecule has 106 valence electrons. The van der Waals surface area contributed by atoms with Crippen molar-refractivity contribution < 1.29 is 4.79 Å². The summed E-state index contributed by atoms with van der Waals surface area (Å²) in [6, 6.07) is 19.5. The maximum atomic E-state index is 12.8. The number of ketones is 1. The van der Waals surface area contributed by atoms with Crippen LogP contribution >= 0.6 is 0 Å². The molecule has 0 spiro atoms. The zero-order valence-corrected chi connectivity index (χ0v) is 12.2. The highest BCUT2D eigenvalue weighted by atomic mass is 16.1. The number of hydrogen-bond acceptors (Lipinski definition) is 2. The lowest BCUT2D eigenvalue weighted by Gasteiger charge is -2.02. The highest BCUT2D eigenvalue weighted by Crippen LogP contribution is 2.23. The first-order valence-electron chi connectivity index (χ1n) is 7.18. The van der Waals surface area contributed by atoms with Gasteiger partial charge in [-0.2, -0.15) is 0 Å². The van der Waals surface area contributed by atoms with Gasteiger partial charge in [0.15, 0.2) is 0 Å². The van der Waals surface area contributed by atoms with Crippen molar-refractivity contribution >= 4 is 27.6 Å². The van der Waals surface area contributed by atoms with E-state index in [4.69, 9.17) is 0 Å². The fourth-order valence-electron chi connectivity index (χ4n) is 2.85. The second kappa shape index (κ2) is 4.81. The Morgan fingerprint density at radius 1 is 0.955 bits per heavy atom. The second-order valence-electron chi connectivity index (χ2n) is 5.39. The van der Waals surface area contributed by atoms with Crippen LogP contribution in [0.3, 0.4) is 0 Å². The largest absolute Gasteiger partial charge is 0.350 e. The van der Waals surface area contributed by atoms with Crippen LogP contribution in [0.2, 0.25) is 0 Å². The first-order valence-corrected chi connectivity index (χ1v) is 7.18. The predicted molar refractivity (Wildman–Crippen MR) is 88.1 cm³/mol. The minimum Gasteiger partial charge on any atom is -0.350 e. The molecular formula is C19H14N2O. The van der Waals surface area contributed by atoms with Crippen LogP contribution < -0.4 is 0 Å². The molecule has 3 heteroatoms. The summed E-state index contributed by atoms with van der Waals surface area (Å²) in [5.74, 6) is -0.0393. The number of carbonyl (C=O) groups is 1. The monoisotopic (exact) mass is 286 g/mol. The number of pyridine rings is 1. The molecule has 4 aromatic rings. The Balaban J connectivity index is 1.88. The zero-order valence-electron chi connectivity index (χ0n) is 12.2. The van der Waals surface area contributed by atoms with Crippen LogP contribution in [0.5, 0.6) is 0 Å². The van der Waals surface area contributed by atoms with Crippen molar-refractivity contribution in [1.29, 1.82) is 0 Å². The van der Waals surface area contributed by atoms with Gasteiger partial charge in [-0.05, 0) is 18.2 Å². The van der Waals surface area contributed by atoms with E-state index in [-0.39, 0.29) is 5.78 Å². The topological polar surface area (TPSA) is 34.9 Å². The molecule has 0 unspecified atom stereocenters. The lowest BCUT2D eigenvalue weighted by Crippen LogP contribution is -2.03.